The number of hydrogen-bond acceptors (Lipinski definition) is 5. The van der Waals surface area contributed by atoms with Crippen LogP contribution in [0.1, 0.15) is 55.7 Å². The van der Waals surface area contributed by atoms with Crippen LogP contribution < -0.4 is 0 Å². The van der Waals surface area contributed by atoms with Gasteiger partial charge in [0.15, 0.2) is 0 Å². The van der Waals surface area contributed by atoms with Gasteiger partial charge in [0.05, 0.1) is 10.5 Å². The van der Waals surface area contributed by atoms with Crippen LogP contribution in [0.5, 0.6) is 0 Å². The summed E-state index contributed by atoms with van der Waals surface area (Å²) in [5, 5.41) is 0. The molecular formula is C31H40F4N4O3S. The highest BCUT2D eigenvalue weighted by Crippen LogP contribution is 2.37. The van der Waals surface area contributed by atoms with Crippen molar-refractivity contribution in [2.75, 3.05) is 52.9 Å². The molecule has 1 amide bonds. The molecule has 2 aromatic rings. The van der Waals surface area contributed by atoms with Gasteiger partial charge in [-0.25, -0.2) is 12.8 Å². The molecule has 0 N–H and O–H groups in total. The first-order valence-electron chi connectivity index (χ1n) is 15.1. The Kier molecular flexibility index (Phi) is 9.79. The summed E-state index contributed by atoms with van der Waals surface area (Å²) in [5.41, 5.74) is 0.0602. The summed E-state index contributed by atoms with van der Waals surface area (Å²) in [6.07, 6.45) is -1.29. The summed E-state index contributed by atoms with van der Waals surface area (Å²) in [4.78, 5) is 19.6. The van der Waals surface area contributed by atoms with E-state index in [4.69, 9.17) is 0 Å². The molecule has 5 rings (SSSR count). The predicted molar refractivity (Wildman–Crippen MR) is 155 cm³/mol. The molecule has 2 aromatic carbocycles. The van der Waals surface area contributed by atoms with Crippen LogP contribution in [0.15, 0.2) is 53.4 Å². The molecule has 12 heteroatoms. The van der Waals surface area contributed by atoms with Crippen LogP contribution in [0.2, 0.25) is 0 Å². The minimum absolute atomic E-state index is 0.00269. The van der Waals surface area contributed by atoms with Gasteiger partial charge in [0.2, 0.25) is 15.9 Å². The second-order valence-electron chi connectivity index (χ2n) is 12.0. The van der Waals surface area contributed by atoms with E-state index in [2.05, 4.69) is 16.8 Å². The Morgan fingerprint density at radius 2 is 1.58 bits per heavy atom. The van der Waals surface area contributed by atoms with E-state index in [1.165, 1.54) is 22.5 Å². The Morgan fingerprint density at radius 3 is 2.23 bits per heavy atom. The third kappa shape index (κ3) is 7.41. The average Bonchev–Trinajstić information content (AvgIpc) is 2.99. The number of halogens is 4. The lowest BCUT2D eigenvalue weighted by Gasteiger charge is -2.44. The fraction of sp³-hybridized carbons (Fsp3) is 0.581. The number of carbonyl (C=O) groups excluding carboxylic acids is 1. The fourth-order valence-corrected chi connectivity index (χ4v) is 8.54. The lowest BCUT2D eigenvalue weighted by atomic mass is 9.83. The zero-order chi connectivity index (χ0) is 30.8. The van der Waals surface area contributed by atoms with Crippen molar-refractivity contribution >= 4 is 15.9 Å². The van der Waals surface area contributed by atoms with Gasteiger partial charge in [-0.1, -0.05) is 24.6 Å². The molecule has 3 aliphatic heterocycles. The molecule has 3 saturated heterocycles. The maximum Gasteiger partial charge on any atom is 0.416 e. The highest BCUT2D eigenvalue weighted by molar-refractivity contribution is 7.89. The van der Waals surface area contributed by atoms with Gasteiger partial charge in [-0.15, -0.1) is 0 Å². The van der Waals surface area contributed by atoms with Crippen LogP contribution >= 0.6 is 0 Å². The Hall–Kier alpha value is -2.54. The molecule has 3 heterocycles. The highest BCUT2D eigenvalue weighted by atomic mass is 32.2. The topological polar surface area (TPSA) is 64.2 Å². The van der Waals surface area contributed by atoms with Crippen molar-refractivity contribution in [1.82, 2.24) is 19.0 Å². The number of benzene rings is 2. The van der Waals surface area contributed by atoms with E-state index in [0.717, 1.165) is 63.1 Å². The molecule has 2 unspecified atom stereocenters. The third-order valence-electron chi connectivity index (χ3n) is 9.23. The maximum absolute atomic E-state index is 13.7. The van der Waals surface area contributed by atoms with Crippen LogP contribution in [0.3, 0.4) is 0 Å². The molecule has 0 radical (unpaired) electrons. The lowest BCUT2D eigenvalue weighted by Crippen LogP contribution is -2.50. The summed E-state index contributed by atoms with van der Waals surface area (Å²) < 4.78 is 81.8. The van der Waals surface area contributed by atoms with Crippen molar-refractivity contribution in [1.29, 1.82) is 0 Å². The molecule has 236 valence electrons. The normalized spacial score (nSPS) is 22.9. The lowest BCUT2D eigenvalue weighted by molar-refractivity contribution is -0.137. The number of piperazine rings is 1. The fourth-order valence-electron chi connectivity index (χ4n) is 6.80. The maximum atomic E-state index is 13.7. The van der Waals surface area contributed by atoms with E-state index in [0.29, 0.717) is 32.0 Å². The van der Waals surface area contributed by atoms with Crippen molar-refractivity contribution in [3.63, 3.8) is 0 Å². The van der Waals surface area contributed by atoms with Crippen molar-refractivity contribution in [2.45, 2.75) is 61.7 Å². The van der Waals surface area contributed by atoms with Crippen molar-refractivity contribution in [2.24, 2.45) is 5.92 Å². The van der Waals surface area contributed by atoms with Crippen molar-refractivity contribution in [3.8, 4) is 0 Å². The number of alkyl halides is 3. The van der Waals surface area contributed by atoms with E-state index >= 15 is 0 Å². The minimum atomic E-state index is -4.66. The monoisotopic (exact) mass is 624 g/mol. The van der Waals surface area contributed by atoms with Gasteiger partial charge < -0.3 is 9.80 Å². The predicted octanol–water partition coefficient (Wildman–Crippen LogP) is 5.01. The minimum Gasteiger partial charge on any atom is -0.343 e. The first kappa shape index (κ1) is 31.9. The molecule has 7 nitrogen and oxygen atoms in total. The van der Waals surface area contributed by atoms with Crippen molar-refractivity contribution in [3.05, 3.63) is 65.5 Å². The van der Waals surface area contributed by atoms with E-state index in [1.807, 2.05) is 12.1 Å². The first-order valence-corrected chi connectivity index (χ1v) is 16.5. The molecule has 0 bridgehead atoms. The zero-order valence-corrected chi connectivity index (χ0v) is 25.3. The largest absolute Gasteiger partial charge is 0.416 e. The Balaban J connectivity index is 1.25. The Labute approximate surface area is 251 Å². The van der Waals surface area contributed by atoms with Gasteiger partial charge in [0.1, 0.15) is 5.82 Å². The number of rotatable bonds is 7. The van der Waals surface area contributed by atoms with Crippen LogP contribution in [0.4, 0.5) is 17.6 Å². The zero-order valence-electron chi connectivity index (χ0n) is 24.5. The number of nitrogens with zero attached hydrogens (tertiary/aromatic N) is 4. The summed E-state index contributed by atoms with van der Waals surface area (Å²) >= 11 is 0. The van der Waals surface area contributed by atoms with Gasteiger partial charge in [-0.3, -0.25) is 9.69 Å². The standard InChI is InChI=1S/C31H40F4N4O3S/c1-36-17-19-38(20-18-36)30(23-8-10-26(32)11-9-23)24-12-15-37(16-13-24)29(40)22-27-6-2-3-14-39(27)43(41,42)28-7-4-5-25(21-28)31(33,34)35/h4-5,7-11,21,24,27,30H,2-3,6,12-20,22H2,1H3. The van der Waals surface area contributed by atoms with Crippen LogP contribution in [-0.2, 0) is 21.0 Å². The van der Waals surface area contributed by atoms with Gasteiger partial charge in [0, 0.05) is 64.3 Å². The van der Waals surface area contributed by atoms with E-state index in [-0.39, 0.29) is 36.6 Å². The summed E-state index contributed by atoms with van der Waals surface area (Å²) in [5.74, 6) is -0.119. The molecule has 0 aromatic heterocycles. The number of piperidine rings is 2. The van der Waals surface area contributed by atoms with Gasteiger partial charge in [-0.2, -0.15) is 17.5 Å². The number of sulfonamides is 1. The van der Waals surface area contributed by atoms with Crippen LogP contribution in [-0.4, -0.2) is 92.2 Å². The second-order valence-corrected chi connectivity index (χ2v) is 13.9. The first-order chi connectivity index (χ1) is 20.4. The van der Waals surface area contributed by atoms with Crippen LogP contribution in [0, 0.1) is 11.7 Å². The summed E-state index contributed by atoms with van der Waals surface area (Å²) in [6.45, 7) is 4.99. The quantitative estimate of drug-likeness (QED) is 0.406. The van der Waals surface area contributed by atoms with Gasteiger partial charge in [0.25, 0.3) is 0 Å². The molecule has 2 atom stereocenters. The van der Waals surface area contributed by atoms with Gasteiger partial charge >= 0.3 is 6.18 Å². The smallest absolute Gasteiger partial charge is 0.343 e. The summed E-state index contributed by atoms with van der Waals surface area (Å²) in [6, 6.07) is 10.0. The average molecular weight is 625 g/mol. The molecule has 43 heavy (non-hydrogen) atoms. The SMILES string of the molecule is CN1CCN(C(c2ccc(F)cc2)C2CCN(C(=O)CC3CCCCN3S(=O)(=O)c3cccc(C(F)(F)F)c3)CC2)CC1. The molecule has 3 fully saturated rings. The molecular weight excluding hydrogens is 584 g/mol. The Bertz CT molecular complexity index is 1360. The second kappa shape index (κ2) is 13.2. The highest BCUT2D eigenvalue weighted by Gasteiger charge is 2.39. The molecule has 0 saturated carbocycles. The number of hydrogen-bond donors (Lipinski definition) is 0. The van der Waals surface area contributed by atoms with Crippen LogP contribution in [0.25, 0.3) is 0 Å². The summed E-state index contributed by atoms with van der Waals surface area (Å²) in [7, 11) is -2.11. The molecule has 0 aliphatic carbocycles. The number of amides is 1. The molecule has 0 spiro atoms. The number of carbonyl (C=O) groups is 1. The Morgan fingerprint density at radius 1 is 0.907 bits per heavy atom. The van der Waals surface area contributed by atoms with Gasteiger partial charge in [-0.05, 0) is 74.5 Å². The number of likely N-dealkylation sites (N-methyl/N-ethyl adjacent to an activating group) is 1. The number of likely N-dealkylation sites (tertiary alicyclic amines) is 1. The van der Waals surface area contributed by atoms with E-state index < -0.39 is 32.7 Å². The van der Waals surface area contributed by atoms with E-state index in [1.54, 1.807) is 4.90 Å². The molecule has 3 aliphatic rings. The van der Waals surface area contributed by atoms with E-state index in [9.17, 15) is 30.8 Å². The third-order valence-corrected chi connectivity index (χ3v) is 11.2. The van der Waals surface area contributed by atoms with Crippen molar-refractivity contribution < 1.29 is 30.8 Å².